The number of fused-ring (bicyclic) bond motifs is 1. The van der Waals surface area contributed by atoms with Gasteiger partial charge in [0.2, 0.25) is 10.0 Å². The Kier molecular flexibility index (Phi) is 6.06. The van der Waals surface area contributed by atoms with Crippen molar-refractivity contribution >= 4 is 26.5 Å². The minimum absolute atomic E-state index is 0.237. The zero-order valence-corrected chi connectivity index (χ0v) is 20.8. The van der Waals surface area contributed by atoms with Crippen LogP contribution in [0.5, 0.6) is 0 Å². The third-order valence-corrected chi connectivity index (χ3v) is 8.44. The molecule has 1 aliphatic heterocycles. The number of benzene rings is 2. The quantitative estimate of drug-likeness (QED) is 0.381. The summed E-state index contributed by atoms with van der Waals surface area (Å²) >= 11 is 0. The molecule has 5 rings (SSSR count). The van der Waals surface area contributed by atoms with Crippen molar-refractivity contribution in [3.63, 3.8) is 0 Å². The number of halogens is 1. The zero-order valence-electron chi connectivity index (χ0n) is 20.0. The molecule has 7 nitrogen and oxygen atoms in total. The molecule has 1 atom stereocenters. The molecule has 0 bridgehead atoms. The number of sulfonamides is 1. The molecular weight excluding hydrogens is 465 g/mol. The molecule has 0 amide bonds. The first-order valence-corrected chi connectivity index (χ1v) is 13.2. The first-order chi connectivity index (χ1) is 16.8. The van der Waals surface area contributed by atoms with Crippen LogP contribution in [0, 0.1) is 12.7 Å². The van der Waals surface area contributed by atoms with Crippen LogP contribution in [0.4, 0.5) is 4.39 Å². The van der Waals surface area contributed by atoms with E-state index in [4.69, 9.17) is 0 Å². The Morgan fingerprint density at radius 2 is 1.89 bits per heavy atom. The van der Waals surface area contributed by atoms with Crippen molar-refractivity contribution < 1.29 is 12.8 Å². The lowest BCUT2D eigenvalue weighted by atomic mass is 9.93. The fraction of sp³-hybridized carbons (Fsp3) is 0.308. The summed E-state index contributed by atoms with van der Waals surface area (Å²) in [7, 11) is -3.62. The van der Waals surface area contributed by atoms with Gasteiger partial charge in [0.05, 0.1) is 23.6 Å². The topological polar surface area (TPSA) is 73.0 Å². The molecule has 0 aliphatic carbocycles. The number of nitrogens with zero attached hydrogens (tertiary/aromatic N) is 5. The smallest absolute Gasteiger partial charge is 0.246 e. The minimum atomic E-state index is -3.62. The Labute approximate surface area is 204 Å². The predicted molar refractivity (Wildman–Crippen MR) is 134 cm³/mol. The highest BCUT2D eigenvalue weighted by atomic mass is 32.2. The standard InChI is InChI=1S/C26H28FN5O2S/c1-4-10-30-17-24(16-28-30)35(33,34)31-11-9-20(13-19(31)3)25-14-21-15-29-32(26(21)12-18(25)2)23-7-5-22(27)6-8-23/h5-8,12-17,19H,4,9-11H2,1-3H3/t19-/m1/s1. The van der Waals surface area contributed by atoms with E-state index in [0.717, 1.165) is 39.7 Å². The molecule has 0 saturated carbocycles. The molecule has 2 aromatic carbocycles. The van der Waals surface area contributed by atoms with Gasteiger partial charge in [-0.1, -0.05) is 13.0 Å². The molecule has 182 valence electrons. The van der Waals surface area contributed by atoms with Gasteiger partial charge < -0.3 is 0 Å². The maximum absolute atomic E-state index is 13.3. The van der Waals surface area contributed by atoms with E-state index < -0.39 is 10.0 Å². The van der Waals surface area contributed by atoms with Crippen LogP contribution in [0.15, 0.2) is 66.0 Å². The number of aryl methyl sites for hydroxylation is 2. The molecule has 0 radical (unpaired) electrons. The molecule has 0 fully saturated rings. The summed E-state index contributed by atoms with van der Waals surface area (Å²) in [6.07, 6.45) is 8.40. The Balaban J connectivity index is 1.44. The van der Waals surface area contributed by atoms with Crippen molar-refractivity contribution in [2.45, 2.75) is 51.1 Å². The van der Waals surface area contributed by atoms with Crippen LogP contribution in [0.3, 0.4) is 0 Å². The van der Waals surface area contributed by atoms with Crippen molar-refractivity contribution in [2.24, 2.45) is 0 Å². The third-order valence-electron chi connectivity index (χ3n) is 6.50. The molecule has 0 saturated heterocycles. The SMILES string of the molecule is CCCn1cc(S(=O)(=O)N2CCC(c3cc4cnn(-c5ccc(F)cc5)c4cc3C)=C[C@H]2C)cn1. The highest BCUT2D eigenvalue weighted by molar-refractivity contribution is 7.89. The average Bonchev–Trinajstić information content (AvgIpc) is 3.47. The molecule has 0 N–H and O–H groups in total. The van der Waals surface area contributed by atoms with Crippen molar-refractivity contribution in [3.05, 3.63) is 78.0 Å². The van der Waals surface area contributed by atoms with E-state index in [9.17, 15) is 12.8 Å². The largest absolute Gasteiger partial charge is 0.271 e. The van der Waals surface area contributed by atoms with Crippen molar-refractivity contribution in [1.29, 1.82) is 0 Å². The monoisotopic (exact) mass is 493 g/mol. The van der Waals surface area contributed by atoms with Crippen LogP contribution in [0.1, 0.15) is 37.8 Å². The fourth-order valence-corrected chi connectivity index (χ4v) is 6.27. The van der Waals surface area contributed by atoms with Crippen LogP contribution in [0.25, 0.3) is 22.2 Å². The molecule has 3 heterocycles. The molecule has 0 unspecified atom stereocenters. The second-order valence-corrected chi connectivity index (χ2v) is 10.9. The highest BCUT2D eigenvalue weighted by Gasteiger charge is 2.32. The first kappa shape index (κ1) is 23.4. The van der Waals surface area contributed by atoms with Gasteiger partial charge in [-0.3, -0.25) is 4.68 Å². The normalized spacial score (nSPS) is 17.1. The summed E-state index contributed by atoms with van der Waals surface area (Å²) < 4.78 is 44.9. The van der Waals surface area contributed by atoms with E-state index in [1.165, 1.54) is 18.3 Å². The fourth-order valence-electron chi connectivity index (χ4n) is 4.73. The second kappa shape index (κ2) is 9.05. The van der Waals surface area contributed by atoms with Crippen LogP contribution in [-0.4, -0.2) is 44.9 Å². The lowest BCUT2D eigenvalue weighted by Crippen LogP contribution is -2.40. The van der Waals surface area contributed by atoms with Crippen LogP contribution in [-0.2, 0) is 16.6 Å². The Bertz CT molecular complexity index is 1520. The molecule has 2 aromatic heterocycles. The van der Waals surface area contributed by atoms with Gasteiger partial charge in [0, 0.05) is 30.7 Å². The summed E-state index contributed by atoms with van der Waals surface area (Å²) in [5.41, 5.74) is 5.03. The molecule has 1 aliphatic rings. The lowest BCUT2D eigenvalue weighted by Gasteiger charge is -2.31. The maximum Gasteiger partial charge on any atom is 0.246 e. The summed E-state index contributed by atoms with van der Waals surface area (Å²) in [5, 5.41) is 9.68. The van der Waals surface area contributed by atoms with Gasteiger partial charge in [0.1, 0.15) is 10.7 Å². The molecule has 0 spiro atoms. The third kappa shape index (κ3) is 4.30. The van der Waals surface area contributed by atoms with E-state index in [1.54, 1.807) is 38.2 Å². The van der Waals surface area contributed by atoms with E-state index in [-0.39, 0.29) is 16.8 Å². The van der Waals surface area contributed by atoms with Gasteiger partial charge in [0.15, 0.2) is 0 Å². The molecular formula is C26H28FN5O2S. The van der Waals surface area contributed by atoms with E-state index in [0.29, 0.717) is 19.5 Å². The predicted octanol–water partition coefficient (Wildman–Crippen LogP) is 4.95. The Morgan fingerprint density at radius 3 is 2.60 bits per heavy atom. The van der Waals surface area contributed by atoms with Gasteiger partial charge in [-0.25, -0.2) is 17.5 Å². The van der Waals surface area contributed by atoms with Gasteiger partial charge >= 0.3 is 0 Å². The van der Waals surface area contributed by atoms with Crippen molar-refractivity contribution in [3.8, 4) is 5.69 Å². The van der Waals surface area contributed by atoms with Gasteiger partial charge in [-0.05, 0) is 79.8 Å². The van der Waals surface area contributed by atoms with Gasteiger partial charge in [0.25, 0.3) is 0 Å². The second-order valence-electron chi connectivity index (χ2n) is 9.00. The van der Waals surface area contributed by atoms with Crippen molar-refractivity contribution in [1.82, 2.24) is 23.9 Å². The number of rotatable bonds is 6. The number of aromatic nitrogens is 4. The zero-order chi connectivity index (χ0) is 24.7. The average molecular weight is 494 g/mol. The summed E-state index contributed by atoms with van der Waals surface area (Å²) in [6.45, 7) is 7.08. The van der Waals surface area contributed by atoms with E-state index >= 15 is 0 Å². The summed E-state index contributed by atoms with van der Waals surface area (Å²) in [5.74, 6) is -0.284. The highest BCUT2D eigenvalue weighted by Crippen LogP contribution is 2.33. The van der Waals surface area contributed by atoms with Crippen LogP contribution in [0.2, 0.25) is 0 Å². The summed E-state index contributed by atoms with van der Waals surface area (Å²) in [4.78, 5) is 0.237. The maximum atomic E-state index is 13.3. The van der Waals surface area contributed by atoms with Crippen LogP contribution >= 0.6 is 0 Å². The van der Waals surface area contributed by atoms with Crippen LogP contribution < -0.4 is 0 Å². The Morgan fingerprint density at radius 1 is 1.11 bits per heavy atom. The minimum Gasteiger partial charge on any atom is -0.271 e. The van der Waals surface area contributed by atoms with E-state index in [2.05, 4.69) is 22.3 Å². The first-order valence-electron chi connectivity index (χ1n) is 11.8. The van der Waals surface area contributed by atoms with Crippen molar-refractivity contribution in [2.75, 3.05) is 6.54 Å². The lowest BCUT2D eigenvalue weighted by molar-refractivity contribution is 0.374. The molecule has 35 heavy (non-hydrogen) atoms. The summed E-state index contributed by atoms with van der Waals surface area (Å²) in [6, 6.07) is 10.2. The Hall–Kier alpha value is -3.30. The van der Waals surface area contributed by atoms with Gasteiger partial charge in [-0.15, -0.1) is 0 Å². The molecule has 9 heteroatoms. The van der Waals surface area contributed by atoms with E-state index in [1.807, 2.05) is 26.8 Å². The van der Waals surface area contributed by atoms with Gasteiger partial charge in [-0.2, -0.15) is 14.5 Å². The molecule has 4 aromatic rings. The number of hydrogen-bond acceptors (Lipinski definition) is 4. The number of hydrogen-bond donors (Lipinski definition) is 0.